The predicted molar refractivity (Wildman–Crippen MR) is 81.9 cm³/mol. The highest BCUT2D eigenvalue weighted by Gasteiger charge is 2.15. The molecule has 1 heterocycles. The van der Waals surface area contributed by atoms with Gasteiger partial charge in [-0.05, 0) is 29.5 Å². The fourth-order valence-electron chi connectivity index (χ4n) is 2.07. The zero-order valence-electron chi connectivity index (χ0n) is 12.8. The molecule has 5 nitrogen and oxygen atoms in total. The summed E-state index contributed by atoms with van der Waals surface area (Å²) in [6.45, 7) is 6.73. The fourth-order valence-corrected chi connectivity index (χ4v) is 2.07. The first-order valence-electron chi connectivity index (χ1n) is 6.88. The Hall–Kier alpha value is -2.48. The number of nitrogens with two attached hydrogens (primary N) is 1. The van der Waals surface area contributed by atoms with Crippen molar-refractivity contribution in [1.29, 1.82) is 5.26 Å². The number of benzene rings is 1. The van der Waals surface area contributed by atoms with E-state index in [1.807, 2.05) is 13.0 Å². The maximum atomic E-state index is 9.12. The van der Waals surface area contributed by atoms with E-state index in [0.29, 0.717) is 18.3 Å². The highest BCUT2D eigenvalue weighted by atomic mass is 16.5. The average Bonchev–Trinajstić information content (AvgIpc) is 2.72. The molecule has 0 bridgehead atoms. The number of hydrogen-bond acceptors (Lipinski definition) is 4. The van der Waals surface area contributed by atoms with E-state index in [4.69, 9.17) is 15.7 Å². The van der Waals surface area contributed by atoms with Gasteiger partial charge >= 0.3 is 0 Å². The van der Waals surface area contributed by atoms with Gasteiger partial charge in [-0.3, -0.25) is 0 Å². The quantitative estimate of drug-likeness (QED) is 0.936. The maximum Gasteiger partial charge on any atom is 0.253 e. The largest absolute Gasteiger partial charge is 0.471 e. The van der Waals surface area contributed by atoms with Gasteiger partial charge in [-0.25, -0.2) is 4.68 Å². The van der Waals surface area contributed by atoms with Crippen LogP contribution in [0.1, 0.15) is 42.0 Å². The molecule has 1 aromatic carbocycles. The first kappa shape index (κ1) is 14.9. The standard InChI is InChI=1S/C16H20N4O/c1-10(2)12-6-5-11(3)13(7-12)9-21-16-14(8-17)15(18)20(4)19-16/h5-7,10H,9,18H2,1-4H3. The van der Waals surface area contributed by atoms with Gasteiger partial charge in [0.25, 0.3) is 5.88 Å². The molecular formula is C16H20N4O. The van der Waals surface area contributed by atoms with Crippen LogP contribution in [-0.2, 0) is 13.7 Å². The van der Waals surface area contributed by atoms with E-state index in [1.54, 1.807) is 7.05 Å². The van der Waals surface area contributed by atoms with Crippen LogP contribution >= 0.6 is 0 Å². The Labute approximate surface area is 124 Å². The second-order valence-electron chi connectivity index (χ2n) is 5.43. The first-order valence-corrected chi connectivity index (χ1v) is 6.88. The summed E-state index contributed by atoms with van der Waals surface area (Å²) in [5, 5.41) is 13.2. The van der Waals surface area contributed by atoms with Crippen LogP contribution in [0.3, 0.4) is 0 Å². The zero-order chi connectivity index (χ0) is 15.6. The molecule has 5 heteroatoms. The third-order valence-corrected chi connectivity index (χ3v) is 3.58. The third kappa shape index (κ3) is 3.00. The molecule has 0 amide bonds. The van der Waals surface area contributed by atoms with Gasteiger partial charge in [0.15, 0.2) is 5.56 Å². The molecule has 0 atom stereocenters. The number of aromatic nitrogens is 2. The minimum atomic E-state index is 0.284. The summed E-state index contributed by atoms with van der Waals surface area (Å²) in [6, 6.07) is 8.39. The van der Waals surface area contributed by atoms with Crippen LogP contribution < -0.4 is 10.5 Å². The fraction of sp³-hybridized carbons (Fsp3) is 0.375. The summed E-state index contributed by atoms with van der Waals surface area (Å²) in [6.07, 6.45) is 0. The Kier molecular flexibility index (Phi) is 4.18. The van der Waals surface area contributed by atoms with Gasteiger partial charge in [0.2, 0.25) is 0 Å². The number of nitriles is 1. The zero-order valence-corrected chi connectivity index (χ0v) is 12.8. The van der Waals surface area contributed by atoms with Crippen LogP contribution in [0.5, 0.6) is 5.88 Å². The molecule has 2 N–H and O–H groups in total. The third-order valence-electron chi connectivity index (χ3n) is 3.58. The van der Waals surface area contributed by atoms with Gasteiger partial charge in [-0.15, -0.1) is 5.10 Å². The van der Waals surface area contributed by atoms with Crippen molar-refractivity contribution in [3.8, 4) is 11.9 Å². The van der Waals surface area contributed by atoms with Gasteiger partial charge < -0.3 is 10.5 Å². The first-order chi connectivity index (χ1) is 9.93. The van der Waals surface area contributed by atoms with Crippen molar-refractivity contribution in [2.45, 2.75) is 33.3 Å². The smallest absolute Gasteiger partial charge is 0.253 e. The molecule has 0 aliphatic rings. The lowest BCUT2D eigenvalue weighted by molar-refractivity contribution is 0.289. The lowest BCUT2D eigenvalue weighted by Crippen LogP contribution is -2.01. The highest BCUT2D eigenvalue weighted by molar-refractivity contribution is 5.55. The topological polar surface area (TPSA) is 76.9 Å². The number of nitrogens with zero attached hydrogens (tertiary/aromatic N) is 3. The molecule has 1 aromatic heterocycles. The lowest BCUT2D eigenvalue weighted by Gasteiger charge is -2.11. The van der Waals surface area contributed by atoms with Crippen molar-refractivity contribution in [3.63, 3.8) is 0 Å². The van der Waals surface area contributed by atoms with Crippen molar-refractivity contribution in [3.05, 3.63) is 40.5 Å². The molecule has 0 unspecified atom stereocenters. The number of hydrogen-bond donors (Lipinski definition) is 1. The SMILES string of the molecule is Cc1ccc(C(C)C)cc1COc1nn(C)c(N)c1C#N. The van der Waals surface area contributed by atoms with E-state index in [0.717, 1.165) is 11.1 Å². The Morgan fingerprint density at radius 1 is 1.43 bits per heavy atom. The van der Waals surface area contributed by atoms with E-state index >= 15 is 0 Å². The molecule has 0 aliphatic carbocycles. The summed E-state index contributed by atoms with van der Waals surface area (Å²) in [5.41, 5.74) is 9.57. The molecule has 0 radical (unpaired) electrons. The van der Waals surface area contributed by atoms with Gasteiger partial charge in [0.05, 0.1) is 0 Å². The number of rotatable bonds is 4. The van der Waals surface area contributed by atoms with Crippen molar-refractivity contribution in [2.24, 2.45) is 7.05 Å². The molecule has 0 spiro atoms. The Morgan fingerprint density at radius 2 is 2.14 bits per heavy atom. The van der Waals surface area contributed by atoms with Crippen LogP contribution in [-0.4, -0.2) is 9.78 Å². The number of ether oxygens (including phenoxy) is 1. The van der Waals surface area contributed by atoms with E-state index in [-0.39, 0.29) is 11.4 Å². The van der Waals surface area contributed by atoms with Crippen molar-refractivity contribution < 1.29 is 4.74 Å². The average molecular weight is 284 g/mol. The van der Waals surface area contributed by atoms with Gasteiger partial charge in [0.1, 0.15) is 18.5 Å². The predicted octanol–water partition coefficient (Wildman–Crippen LogP) is 2.88. The number of nitrogen functional groups attached to an aromatic ring is 1. The Bertz CT molecular complexity index is 695. The summed E-state index contributed by atoms with van der Waals surface area (Å²) >= 11 is 0. The van der Waals surface area contributed by atoms with E-state index in [2.05, 4.69) is 37.1 Å². The van der Waals surface area contributed by atoms with Crippen LogP contribution in [0.2, 0.25) is 0 Å². The molecule has 2 rings (SSSR count). The lowest BCUT2D eigenvalue weighted by atomic mass is 9.98. The van der Waals surface area contributed by atoms with Crippen LogP contribution in [0, 0.1) is 18.3 Å². The summed E-state index contributed by atoms with van der Waals surface area (Å²) in [4.78, 5) is 0. The maximum absolute atomic E-state index is 9.12. The molecule has 0 fully saturated rings. The van der Waals surface area contributed by atoms with Gasteiger partial charge in [0, 0.05) is 7.05 Å². The minimum absolute atomic E-state index is 0.284. The molecular weight excluding hydrogens is 264 g/mol. The van der Waals surface area contributed by atoms with Crippen LogP contribution in [0.25, 0.3) is 0 Å². The van der Waals surface area contributed by atoms with Crippen molar-refractivity contribution in [2.75, 3.05) is 5.73 Å². The molecule has 2 aromatic rings. The minimum Gasteiger partial charge on any atom is -0.471 e. The summed E-state index contributed by atoms with van der Waals surface area (Å²) < 4.78 is 7.15. The van der Waals surface area contributed by atoms with Crippen LogP contribution in [0.4, 0.5) is 5.82 Å². The van der Waals surface area contributed by atoms with Gasteiger partial charge in [-0.2, -0.15) is 5.26 Å². The molecule has 21 heavy (non-hydrogen) atoms. The second kappa shape index (κ2) is 5.88. The van der Waals surface area contributed by atoms with Crippen LogP contribution in [0.15, 0.2) is 18.2 Å². The molecule has 0 saturated carbocycles. The highest BCUT2D eigenvalue weighted by Crippen LogP contribution is 2.24. The van der Waals surface area contributed by atoms with Crippen molar-refractivity contribution in [1.82, 2.24) is 9.78 Å². The van der Waals surface area contributed by atoms with E-state index < -0.39 is 0 Å². The van der Waals surface area contributed by atoms with E-state index in [9.17, 15) is 0 Å². The Balaban J connectivity index is 2.23. The number of aryl methyl sites for hydroxylation is 2. The molecule has 0 saturated heterocycles. The van der Waals surface area contributed by atoms with E-state index in [1.165, 1.54) is 10.2 Å². The summed E-state index contributed by atoms with van der Waals surface area (Å²) in [5.74, 6) is 1.07. The van der Waals surface area contributed by atoms with Gasteiger partial charge in [-0.1, -0.05) is 32.0 Å². The normalized spacial score (nSPS) is 10.7. The summed E-state index contributed by atoms with van der Waals surface area (Å²) in [7, 11) is 1.69. The Morgan fingerprint density at radius 3 is 2.76 bits per heavy atom. The van der Waals surface area contributed by atoms with Crippen molar-refractivity contribution >= 4 is 5.82 Å². The molecule has 110 valence electrons. The number of anilines is 1. The molecule has 0 aliphatic heterocycles. The monoisotopic (exact) mass is 284 g/mol. The second-order valence-corrected chi connectivity index (χ2v) is 5.43.